The summed E-state index contributed by atoms with van der Waals surface area (Å²) in [5.41, 5.74) is 1.22. The zero-order valence-electron chi connectivity index (χ0n) is 5.51. The van der Waals surface area contributed by atoms with Gasteiger partial charge in [0.2, 0.25) is 0 Å². The van der Waals surface area contributed by atoms with Crippen LogP contribution in [0.25, 0.3) is 0 Å². The van der Waals surface area contributed by atoms with E-state index in [1.165, 1.54) is 25.1 Å². The molecule has 8 heavy (non-hydrogen) atoms. The molecule has 0 aliphatic rings. The topological polar surface area (TPSA) is 12.4 Å². The molecule has 0 aromatic heterocycles. The zero-order chi connectivity index (χ0) is 6.57. The number of hydrogen-bond donors (Lipinski definition) is 0. The van der Waals surface area contributed by atoms with Crippen LogP contribution < -0.4 is 0 Å². The summed E-state index contributed by atoms with van der Waals surface area (Å²) in [5, 5.41) is 0. The van der Waals surface area contributed by atoms with Gasteiger partial charge in [-0.05, 0) is 0 Å². The molecule has 0 saturated carbocycles. The van der Waals surface area contributed by atoms with Crippen LogP contribution in [0.1, 0.15) is 20.8 Å². The van der Waals surface area contributed by atoms with Crippen molar-refractivity contribution < 1.29 is 19.4 Å². The predicted molar refractivity (Wildman–Crippen MR) is 34.0 cm³/mol. The Hall–Kier alpha value is 0.228. The van der Waals surface area contributed by atoms with Crippen LogP contribution in [0.2, 0.25) is 0 Å². The SMILES string of the molecule is CC(=N[CH]=[W])C(C)C. The first-order chi connectivity index (χ1) is 3.68. The quantitative estimate of drug-likeness (QED) is 0.679. The van der Waals surface area contributed by atoms with E-state index in [2.05, 4.69) is 25.8 Å². The van der Waals surface area contributed by atoms with Gasteiger partial charge in [-0.15, -0.1) is 0 Å². The maximum absolute atomic E-state index is 4.15. The minimum atomic E-state index is 0.602. The van der Waals surface area contributed by atoms with Gasteiger partial charge < -0.3 is 0 Å². The molecular weight excluding hydrogens is 270 g/mol. The fourth-order valence-corrected chi connectivity index (χ4v) is 0.830. The van der Waals surface area contributed by atoms with Gasteiger partial charge in [-0.2, -0.15) is 0 Å². The molecule has 0 aromatic carbocycles. The maximum atomic E-state index is 4.15. The molecule has 2 heteroatoms. The summed E-state index contributed by atoms with van der Waals surface area (Å²) in [4.78, 5) is 4.15. The van der Waals surface area contributed by atoms with Crippen molar-refractivity contribution in [1.82, 2.24) is 0 Å². The monoisotopic (exact) mass is 281 g/mol. The van der Waals surface area contributed by atoms with Gasteiger partial charge in [0.1, 0.15) is 0 Å². The Labute approximate surface area is 61.6 Å². The van der Waals surface area contributed by atoms with Gasteiger partial charge in [-0.25, -0.2) is 0 Å². The second-order valence-electron chi connectivity index (χ2n) is 2.03. The normalized spacial score (nSPS) is 12.2. The molecule has 0 saturated heterocycles. The van der Waals surface area contributed by atoms with Crippen LogP contribution in [0.5, 0.6) is 0 Å². The van der Waals surface area contributed by atoms with E-state index in [0.717, 1.165) is 0 Å². The van der Waals surface area contributed by atoms with Crippen molar-refractivity contribution in [3.8, 4) is 0 Å². The third-order valence-corrected chi connectivity index (χ3v) is 1.47. The van der Waals surface area contributed by atoms with Crippen molar-refractivity contribution in [2.24, 2.45) is 10.9 Å². The Morgan fingerprint density at radius 1 is 1.62 bits per heavy atom. The van der Waals surface area contributed by atoms with E-state index in [9.17, 15) is 0 Å². The van der Waals surface area contributed by atoms with Gasteiger partial charge >= 0.3 is 61.3 Å². The third kappa shape index (κ3) is 3.26. The van der Waals surface area contributed by atoms with Gasteiger partial charge in [0, 0.05) is 0 Å². The van der Waals surface area contributed by atoms with E-state index in [1.54, 1.807) is 0 Å². The summed E-state index contributed by atoms with van der Waals surface area (Å²) in [7, 11) is 0. The number of rotatable bonds is 2. The molecule has 0 atom stereocenters. The summed E-state index contributed by atoms with van der Waals surface area (Å²) in [6.07, 6.45) is 0. The molecule has 0 rings (SSSR count). The average molecular weight is 281 g/mol. The van der Waals surface area contributed by atoms with E-state index >= 15 is 0 Å². The second kappa shape index (κ2) is 4.14. The number of nitrogens with zero attached hydrogens (tertiary/aromatic N) is 1. The average Bonchev–Trinajstić information content (AvgIpc) is 1.67. The third-order valence-electron chi connectivity index (χ3n) is 1.09. The molecule has 0 heterocycles. The Balaban J connectivity index is 3.78. The van der Waals surface area contributed by atoms with Gasteiger partial charge in [-0.1, -0.05) is 0 Å². The van der Waals surface area contributed by atoms with Crippen LogP contribution in [-0.2, 0) is 19.4 Å². The van der Waals surface area contributed by atoms with E-state index in [4.69, 9.17) is 0 Å². The van der Waals surface area contributed by atoms with E-state index in [1.807, 2.05) is 4.52 Å². The summed E-state index contributed by atoms with van der Waals surface area (Å²) in [6.45, 7) is 6.36. The van der Waals surface area contributed by atoms with Gasteiger partial charge in [0.25, 0.3) is 0 Å². The molecule has 0 bridgehead atoms. The molecular formula is C6H11NW. The van der Waals surface area contributed by atoms with Gasteiger partial charge in [-0.3, -0.25) is 0 Å². The fraction of sp³-hybridized carbons (Fsp3) is 0.667. The van der Waals surface area contributed by atoms with Crippen molar-refractivity contribution in [3.63, 3.8) is 0 Å². The van der Waals surface area contributed by atoms with Crippen LogP contribution in [0.15, 0.2) is 4.99 Å². The van der Waals surface area contributed by atoms with E-state index in [-0.39, 0.29) is 0 Å². The van der Waals surface area contributed by atoms with Crippen molar-refractivity contribution in [1.29, 1.82) is 0 Å². The number of aliphatic imine (C=N–C) groups is 1. The van der Waals surface area contributed by atoms with E-state index < -0.39 is 0 Å². The molecule has 0 N–H and O–H groups in total. The van der Waals surface area contributed by atoms with Crippen molar-refractivity contribution >= 4 is 10.2 Å². The molecule has 0 aromatic rings. The van der Waals surface area contributed by atoms with Crippen LogP contribution in [-0.4, -0.2) is 10.2 Å². The standard InChI is InChI=1S/C6H11N.W/c1-5(2)6(3)7-4;/h4-5H,1-3H3;. The molecule has 46 valence electrons. The van der Waals surface area contributed by atoms with Gasteiger partial charge in [0.05, 0.1) is 0 Å². The predicted octanol–water partition coefficient (Wildman–Crippen LogP) is 1.41. The Morgan fingerprint density at radius 2 is 2.12 bits per heavy atom. The Bertz CT molecular complexity index is 105. The molecule has 0 unspecified atom stereocenters. The first kappa shape index (κ1) is 8.23. The molecule has 0 radical (unpaired) electrons. The Morgan fingerprint density at radius 3 is 2.25 bits per heavy atom. The molecule has 0 aliphatic carbocycles. The summed E-state index contributed by atoms with van der Waals surface area (Å²) < 4.78 is 1.91. The summed E-state index contributed by atoms with van der Waals surface area (Å²) in [6, 6.07) is 0. The van der Waals surface area contributed by atoms with Crippen LogP contribution >= 0.6 is 0 Å². The van der Waals surface area contributed by atoms with Crippen LogP contribution in [0.4, 0.5) is 0 Å². The molecule has 0 spiro atoms. The van der Waals surface area contributed by atoms with Crippen LogP contribution in [0.3, 0.4) is 0 Å². The molecule has 1 nitrogen and oxygen atoms in total. The summed E-state index contributed by atoms with van der Waals surface area (Å²) in [5.74, 6) is 0.602. The summed E-state index contributed by atoms with van der Waals surface area (Å²) >= 11 is 1.42. The molecule has 0 fully saturated rings. The van der Waals surface area contributed by atoms with Gasteiger partial charge in [0.15, 0.2) is 0 Å². The van der Waals surface area contributed by atoms with E-state index in [0.29, 0.717) is 5.92 Å². The van der Waals surface area contributed by atoms with Crippen LogP contribution in [0, 0.1) is 5.92 Å². The fourth-order valence-electron chi connectivity index (χ4n) is 0.232. The molecule has 0 amide bonds. The van der Waals surface area contributed by atoms with Crippen molar-refractivity contribution in [2.45, 2.75) is 20.8 Å². The first-order valence-electron chi connectivity index (χ1n) is 2.66. The molecule has 0 aliphatic heterocycles. The number of hydrogen-bond acceptors (Lipinski definition) is 1. The second-order valence-corrected chi connectivity index (χ2v) is 2.79. The first-order valence-corrected chi connectivity index (χ1v) is 4.35. The van der Waals surface area contributed by atoms with Crippen molar-refractivity contribution in [2.75, 3.05) is 0 Å². The minimum absolute atomic E-state index is 0.602. The Kier molecular flexibility index (Phi) is 4.26. The zero-order valence-corrected chi connectivity index (χ0v) is 8.44. The van der Waals surface area contributed by atoms with Crippen molar-refractivity contribution in [3.05, 3.63) is 0 Å².